The van der Waals surface area contributed by atoms with Gasteiger partial charge >= 0.3 is 0 Å². The molecule has 3 N–H and O–H groups in total. The fourth-order valence-corrected chi connectivity index (χ4v) is 1.80. The molecule has 0 aliphatic rings. The van der Waals surface area contributed by atoms with E-state index < -0.39 is 0 Å². The van der Waals surface area contributed by atoms with Crippen LogP contribution >= 0.6 is 0 Å². The summed E-state index contributed by atoms with van der Waals surface area (Å²) in [7, 11) is 2.03. The average Bonchev–Trinajstić information content (AvgIpc) is 2.38. The third-order valence-corrected chi connectivity index (χ3v) is 2.80. The summed E-state index contributed by atoms with van der Waals surface area (Å²) in [6.07, 6.45) is 3.57. The van der Waals surface area contributed by atoms with Gasteiger partial charge in [-0.3, -0.25) is 0 Å². The van der Waals surface area contributed by atoms with Gasteiger partial charge in [-0.1, -0.05) is 37.1 Å². The van der Waals surface area contributed by atoms with Crippen LogP contribution in [-0.4, -0.2) is 24.6 Å². The number of amidine groups is 1. The second-order valence-corrected chi connectivity index (χ2v) is 4.13. The zero-order valence-electron chi connectivity index (χ0n) is 10.6. The maximum absolute atomic E-state index is 8.75. The summed E-state index contributed by atoms with van der Waals surface area (Å²) in [5.74, 6) is 0.156. The third kappa shape index (κ3) is 3.66. The minimum atomic E-state index is 0.156. The summed E-state index contributed by atoms with van der Waals surface area (Å²) in [6, 6.07) is 7.69. The van der Waals surface area contributed by atoms with Crippen molar-refractivity contribution in [2.24, 2.45) is 10.9 Å². The Hall–Kier alpha value is -1.71. The Bertz CT molecular complexity index is 377. The first-order valence-electron chi connectivity index (χ1n) is 5.98. The monoisotopic (exact) mass is 235 g/mol. The van der Waals surface area contributed by atoms with Crippen LogP contribution in [0.2, 0.25) is 0 Å². The molecule has 0 radical (unpaired) electrons. The summed E-state index contributed by atoms with van der Waals surface area (Å²) in [4.78, 5) is 2.14. The first kappa shape index (κ1) is 13.4. The quantitative estimate of drug-likeness (QED) is 0.262. The Morgan fingerprint density at radius 1 is 1.35 bits per heavy atom. The van der Waals surface area contributed by atoms with Crippen LogP contribution < -0.4 is 10.6 Å². The van der Waals surface area contributed by atoms with Crippen molar-refractivity contribution in [2.75, 3.05) is 18.5 Å². The molecular formula is C13H21N3O. The van der Waals surface area contributed by atoms with Crippen LogP contribution in [0.3, 0.4) is 0 Å². The van der Waals surface area contributed by atoms with Gasteiger partial charge in [0.05, 0.1) is 0 Å². The number of benzene rings is 1. The van der Waals surface area contributed by atoms with Crippen molar-refractivity contribution in [3.8, 4) is 0 Å². The van der Waals surface area contributed by atoms with Gasteiger partial charge in [0.1, 0.15) is 0 Å². The first-order chi connectivity index (χ1) is 8.20. The van der Waals surface area contributed by atoms with Gasteiger partial charge in [0.15, 0.2) is 5.84 Å². The van der Waals surface area contributed by atoms with Gasteiger partial charge in [0, 0.05) is 24.8 Å². The van der Waals surface area contributed by atoms with E-state index in [1.807, 2.05) is 31.3 Å². The van der Waals surface area contributed by atoms with Crippen LogP contribution in [0.15, 0.2) is 29.4 Å². The van der Waals surface area contributed by atoms with E-state index in [2.05, 4.69) is 17.0 Å². The highest BCUT2D eigenvalue weighted by molar-refractivity contribution is 6.02. The molecular weight excluding hydrogens is 214 g/mol. The molecule has 0 aromatic heterocycles. The van der Waals surface area contributed by atoms with Crippen molar-refractivity contribution >= 4 is 11.5 Å². The lowest BCUT2D eigenvalue weighted by molar-refractivity contribution is 0.318. The number of hydrogen-bond donors (Lipinski definition) is 2. The molecule has 0 aliphatic heterocycles. The summed E-state index contributed by atoms with van der Waals surface area (Å²) < 4.78 is 0. The van der Waals surface area contributed by atoms with E-state index in [-0.39, 0.29) is 5.84 Å². The summed E-state index contributed by atoms with van der Waals surface area (Å²) >= 11 is 0. The number of para-hydroxylation sites is 1. The standard InChI is InChI=1S/C13H21N3O/c1-3-4-7-10-16(2)12-9-6-5-8-11(12)13(14)15-17/h5-6,8-9,17H,3-4,7,10H2,1-2H3,(H2,14,15). The molecule has 0 saturated heterocycles. The highest BCUT2D eigenvalue weighted by Crippen LogP contribution is 2.19. The summed E-state index contributed by atoms with van der Waals surface area (Å²) in [5.41, 5.74) is 7.43. The van der Waals surface area contributed by atoms with Crippen LogP contribution in [-0.2, 0) is 0 Å². The highest BCUT2D eigenvalue weighted by atomic mass is 16.4. The van der Waals surface area contributed by atoms with Crippen molar-refractivity contribution in [3.05, 3.63) is 29.8 Å². The molecule has 94 valence electrons. The van der Waals surface area contributed by atoms with Crippen molar-refractivity contribution in [1.82, 2.24) is 0 Å². The topological polar surface area (TPSA) is 61.8 Å². The van der Waals surface area contributed by atoms with Crippen LogP contribution in [0.1, 0.15) is 31.7 Å². The molecule has 4 heteroatoms. The zero-order chi connectivity index (χ0) is 12.7. The molecule has 0 spiro atoms. The van der Waals surface area contributed by atoms with E-state index in [1.165, 1.54) is 12.8 Å². The molecule has 1 aromatic carbocycles. The molecule has 0 fully saturated rings. The summed E-state index contributed by atoms with van der Waals surface area (Å²) in [5, 5.41) is 11.8. The number of hydrogen-bond acceptors (Lipinski definition) is 3. The van der Waals surface area contributed by atoms with Gasteiger partial charge in [-0.15, -0.1) is 0 Å². The van der Waals surface area contributed by atoms with Crippen molar-refractivity contribution in [1.29, 1.82) is 0 Å². The lowest BCUT2D eigenvalue weighted by Crippen LogP contribution is -2.23. The highest BCUT2D eigenvalue weighted by Gasteiger charge is 2.09. The van der Waals surface area contributed by atoms with E-state index in [0.29, 0.717) is 0 Å². The second kappa shape index (κ2) is 6.78. The SMILES string of the molecule is CCCCCN(C)c1ccccc1/C(N)=N/O. The Morgan fingerprint density at radius 2 is 2.06 bits per heavy atom. The summed E-state index contributed by atoms with van der Waals surface area (Å²) in [6.45, 7) is 3.16. The number of anilines is 1. The maximum atomic E-state index is 8.75. The zero-order valence-corrected chi connectivity index (χ0v) is 10.6. The predicted octanol–water partition coefficient (Wildman–Crippen LogP) is 2.41. The van der Waals surface area contributed by atoms with Crippen LogP contribution in [0, 0.1) is 0 Å². The average molecular weight is 235 g/mol. The third-order valence-electron chi connectivity index (χ3n) is 2.80. The normalized spacial score (nSPS) is 11.5. The van der Waals surface area contributed by atoms with Crippen LogP contribution in [0.4, 0.5) is 5.69 Å². The van der Waals surface area contributed by atoms with E-state index in [1.54, 1.807) is 0 Å². The van der Waals surface area contributed by atoms with Gasteiger partial charge in [0.25, 0.3) is 0 Å². The molecule has 0 saturated carbocycles. The molecule has 17 heavy (non-hydrogen) atoms. The van der Waals surface area contributed by atoms with E-state index in [9.17, 15) is 0 Å². The Balaban J connectivity index is 2.82. The fraction of sp³-hybridized carbons (Fsp3) is 0.462. The van der Waals surface area contributed by atoms with Crippen LogP contribution in [0.25, 0.3) is 0 Å². The van der Waals surface area contributed by atoms with Gasteiger partial charge in [0.2, 0.25) is 0 Å². The van der Waals surface area contributed by atoms with Crippen molar-refractivity contribution < 1.29 is 5.21 Å². The van der Waals surface area contributed by atoms with Gasteiger partial charge < -0.3 is 15.8 Å². The molecule has 0 bridgehead atoms. The Kier molecular flexibility index (Phi) is 5.33. The molecule has 1 aromatic rings. The number of oxime groups is 1. The number of rotatable bonds is 6. The molecule has 0 heterocycles. The maximum Gasteiger partial charge on any atom is 0.172 e. The van der Waals surface area contributed by atoms with E-state index >= 15 is 0 Å². The lowest BCUT2D eigenvalue weighted by atomic mass is 10.1. The minimum Gasteiger partial charge on any atom is -0.409 e. The van der Waals surface area contributed by atoms with Crippen LogP contribution in [0.5, 0.6) is 0 Å². The largest absolute Gasteiger partial charge is 0.409 e. The second-order valence-electron chi connectivity index (χ2n) is 4.13. The lowest BCUT2D eigenvalue weighted by Gasteiger charge is -2.21. The van der Waals surface area contributed by atoms with Gasteiger partial charge in [-0.05, 0) is 18.6 Å². The van der Waals surface area contributed by atoms with Crippen molar-refractivity contribution in [3.63, 3.8) is 0 Å². The van der Waals surface area contributed by atoms with Gasteiger partial charge in [-0.25, -0.2) is 0 Å². The molecule has 0 unspecified atom stereocenters. The first-order valence-corrected chi connectivity index (χ1v) is 5.98. The smallest absolute Gasteiger partial charge is 0.172 e. The Labute approximate surface area is 103 Å². The molecule has 0 amide bonds. The molecule has 1 rings (SSSR count). The van der Waals surface area contributed by atoms with Crippen molar-refractivity contribution in [2.45, 2.75) is 26.2 Å². The minimum absolute atomic E-state index is 0.156. The van der Waals surface area contributed by atoms with E-state index in [0.717, 1.165) is 24.2 Å². The number of nitrogens with zero attached hydrogens (tertiary/aromatic N) is 2. The predicted molar refractivity (Wildman–Crippen MR) is 71.7 cm³/mol. The molecule has 0 aliphatic carbocycles. The Morgan fingerprint density at radius 3 is 2.71 bits per heavy atom. The molecule has 4 nitrogen and oxygen atoms in total. The van der Waals surface area contributed by atoms with Gasteiger partial charge in [-0.2, -0.15) is 0 Å². The van der Waals surface area contributed by atoms with E-state index in [4.69, 9.17) is 10.9 Å². The number of nitrogens with two attached hydrogens (primary N) is 1. The molecule has 0 atom stereocenters. The fourth-order valence-electron chi connectivity index (χ4n) is 1.80. The number of unbranched alkanes of at least 4 members (excludes halogenated alkanes) is 2.